The van der Waals surface area contributed by atoms with Crippen LogP contribution in [-0.4, -0.2) is 38.3 Å². The second-order valence-electron chi connectivity index (χ2n) is 4.39. The fourth-order valence-corrected chi connectivity index (χ4v) is 2.39. The lowest BCUT2D eigenvalue weighted by Crippen LogP contribution is -2.36. The highest BCUT2D eigenvalue weighted by molar-refractivity contribution is 7.85. The van der Waals surface area contributed by atoms with Gasteiger partial charge in [-0.05, 0) is 6.07 Å². The highest BCUT2D eigenvalue weighted by Crippen LogP contribution is 2.16. The van der Waals surface area contributed by atoms with E-state index in [1.807, 2.05) is 18.2 Å². The number of nitrogens with zero attached hydrogens (tertiary/aromatic N) is 5. The van der Waals surface area contributed by atoms with Crippen molar-refractivity contribution in [3.63, 3.8) is 0 Å². The normalized spacial score (nSPS) is 11.9. The Morgan fingerprint density at radius 2 is 1.95 bits per heavy atom. The van der Waals surface area contributed by atoms with Crippen LogP contribution in [0.15, 0.2) is 43.1 Å². The predicted molar refractivity (Wildman–Crippen MR) is 71.0 cm³/mol. The van der Waals surface area contributed by atoms with Crippen molar-refractivity contribution < 1.29 is 17.5 Å². The van der Waals surface area contributed by atoms with Crippen molar-refractivity contribution in [3.8, 4) is 11.3 Å². The highest BCUT2D eigenvalue weighted by atomic mass is 32.2. The van der Waals surface area contributed by atoms with Gasteiger partial charge in [-0.25, -0.2) is 18.0 Å². The first kappa shape index (κ1) is 13.6. The molecule has 0 radical (unpaired) electrons. The van der Waals surface area contributed by atoms with Crippen molar-refractivity contribution in [2.45, 2.75) is 6.54 Å². The van der Waals surface area contributed by atoms with E-state index in [0.29, 0.717) is 5.78 Å². The first-order valence-corrected chi connectivity index (χ1v) is 7.68. The third kappa shape index (κ3) is 3.03. The summed E-state index contributed by atoms with van der Waals surface area (Å²) in [7, 11) is -4.21. The van der Waals surface area contributed by atoms with Gasteiger partial charge in [0.1, 0.15) is 16.4 Å². The summed E-state index contributed by atoms with van der Waals surface area (Å²) in [4.78, 5) is 8.10. The Kier molecular flexibility index (Phi) is 3.35. The average Bonchev–Trinajstić information content (AvgIpc) is 2.93. The summed E-state index contributed by atoms with van der Waals surface area (Å²) >= 11 is 0. The van der Waals surface area contributed by atoms with E-state index < -0.39 is 15.9 Å². The van der Waals surface area contributed by atoms with Crippen LogP contribution in [0, 0.1) is 0 Å². The molecule has 3 aromatic rings. The first-order chi connectivity index (χ1) is 10.0. The summed E-state index contributed by atoms with van der Waals surface area (Å²) in [5, 5.41) is 4.10. The molecule has 0 bridgehead atoms. The maximum absolute atomic E-state index is 10.6. The number of pyridine rings is 1. The lowest BCUT2D eigenvalue weighted by Gasteiger charge is -2.05. The Hall–Kier alpha value is -2.39. The van der Waals surface area contributed by atoms with Crippen molar-refractivity contribution in [1.82, 2.24) is 19.6 Å². The van der Waals surface area contributed by atoms with Crippen molar-refractivity contribution in [2.24, 2.45) is 0 Å². The standard InChI is InChI=1S/C12H11N5O3S/c18-21(19,20)8-7-16-5-2-10(3-6-16)11-1-4-13-12-14-9-15-17(11)12/h1-6,9H,7-8H2. The van der Waals surface area contributed by atoms with Gasteiger partial charge in [0, 0.05) is 23.9 Å². The molecule has 0 amide bonds. The number of fused-ring (bicyclic) bond motifs is 1. The molecule has 0 aliphatic rings. The molecule has 0 aromatic carbocycles. The zero-order valence-electron chi connectivity index (χ0n) is 10.8. The summed E-state index contributed by atoms with van der Waals surface area (Å²) in [6.07, 6.45) is 6.49. The maximum Gasteiger partial charge on any atom is 0.252 e. The molecule has 0 N–H and O–H groups in total. The lowest BCUT2D eigenvalue weighted by atomic mass is 10.2. The topological polar surface area (TPSA) is 104 Å². The third-order valence-electron chi connectivity index (χ3n) is 2.97. The van der Waals surface area contributed by atoms with Gasteiger partial charge in [0.25, 0.3) is 5.78 Å². The maximum atomic E-state index is 10.6. The van der Waals surface area contributed by atoms with Crippen molar-refractivity contribution in [3.05, 3.63) is 43.1 Å². The molecule has 3 rings (SSSR count). The van der Waals surface area contributed by atoms with Gasteiger partial charge >= 0.3 is 0 Å². The molecular formula is C12H11N5O3S. The van der Waals surface area contributed by atoms with E-state index in [2.05, 4.69) is 15.1 Å². The van der Waals surface area contributed by atoms with Gasteiger partial charge in [-0.15, -0.1) is 0 Å². The van der Waals surface area contributed by atoms with Crippen molar-refractivity contribution in [1.29, 1.82) is 0 Å². The molecular weight excluding hydrogens is 294 g/mol. The van der Waals surface area contributed by atoms with E-state index in [9.17, 15) is 13.0 Å². The van der Waals surface area contributed by atoms with E-state index in [1.165, 1.54) is 6.33 Å². The number of aromatic nitrogens is 5. The van der Waals surface area contributed by atoms with E-state index in [1.54, 1.807) is 27.7 Å². The molecule has 3 heterocycles. The van der Waals surface area contributed by atoms with Gasteiger partial charge < -0.3 is 4.55 Å². The van der Waals surface area contributed by atoms with Crippen molar-refractivity contribution >= 4 is 15.9 Å². The zero-order chi connectivity index (χ0) is 14.9. The Labute approximate surface area is 120 Å². The summed E-state index contributed by atoms with van der Waals surface area (Å²) in [6.45, 7) is 0.126. The van der Waals surface area contributed by atoms with Gasteiger partial charge in [0.15, 0.2) is 18.9 Å². The lowest BCUT2D eigenvalue weighted by molar-refractivity contribution is -0.692. The summed E-state index contributed by atoms with van der Waals surface area (Å²) in [5.74, 6) is 0.0706. The summed E-state index contributed by atoms with van der Waals surface area (Å²) in [5.41, 5.74) is 1.70. The van der Waals surface area contributed by atoms with Crippen LogP contribution in [0.2, 0.25) is 0 Å². The van der Waals surface area contributed by atoms with Crippen LogP contribution in [0.5, 0.6) is 0 Å². The molecule has 108 valence electrons. The molecule has 0 atom stereocenters. The number of hydrogen-bond donors (Lipinski definition) is 0. The molecule has 0 aliphatic carbocycles. The van der Waals surface area contributed by atoms with Crippen LogP contribution >= 0.6 is 0 Å². The molecule has 0 unspecified atom stereocenters. The van der Waals surface area contributed by atoms with Gasteiger partial charge in [-0.3, -0.25) is 0 Å². The number of hydrogen-bond acceptors (Lipinski definition) is 6. The van der Waals surface area contributed by atoms with Crippen LogP contribution in [0.1, 0.15) is 0 Å². The monoisotopic (exact) mass is 305 g/mol. The minimum Gasteiger partial charge on any atom is -0.748 e. The summed E-state index contributed by atoms with van der Waals surface area (Å²) in [6, 6.07) is 5.44. The number of aryl methyl sites for hydroxylation is 1. The predicted octanol–water partition coefficient (Wildman–Crippen LogP) is -0.376. The van der Waals surface area contributed by atoms with Crippen LogP contribution < -0.4 is 4.57 Å². The molecule has 0 fully saturated rings. The second-order valence-corrected chi connectivity index (χ2v) is 5.91. The molecule has 0 saturated carbocycles. The zero-order valence-corrected chi connectivity index (χ0v) is 11.6. The minimum atomic E-state index is -4.21. The fraction of sp³-hybridized carbons (Fsp3) is 0.167. The Morgan fingerprint density at radius 3 is 2.67 bits per heavy atom. The van der Waals surface area contributed by atoms with E-state index in [-0.39, 0.29) is 6.54 Å². The van der Waals surface area contributed by atoms with Crippen LogP contribution in [-0.2, 0) is 16.7 Å². The Morgan fingerprint density at radius 1 is 1.19 bits per heavy atom. The fourth-order valence-electron chi connectivity index (χ4n) is 1.95. The SMILES string of the molecule is O=S(=O)([O-])CC[n+]1ccc(-c2ccnc3ncnn23)cc1. The Bertz CT molecular complexity index is 873. The highest BCUT2D eigenvalue weighted by Gasteiger charge is 2.09. The van der Waals surface area contributed by atoms with Gasteiger partial charge in [0.05, 0.1) is 11.4 Å². The number of rotatable bonds is 4. The summed E-state index contributed by atoms with van der Waals surface area (Å²) < 4.78 is 35.1. The molecule has 8 nitrogen and oxygen atoms in total. The van der Waals surface area contributed by atoms with Gasteiger partial charge in [0.2, 0.25) is 0 Å². The van der Waals surface area contributed by atoms with E-state index in [0.717, 1.165) is 11.3 Å². The molecule has 0 spiro atoms. The van der Waals surface area contributed by atoms with Gasteiger partial charge in [-0.1, -0.05) is 0 Å². The van der Waals surface area contributed by atoms with Crippen LogP contribution in [0.3, 0.4) is 0 Å². The Balaban J connectivity index is 1.89. The molecule has 0 aliphatic heterocycles. The molecule has 3 aromatic heterocycles. The quantitative estimate of drug-likeness (QED) is 0.481. The molecule has 21 heavy (non-hydrogen) atoms. The molecule has 9 heteroatoms. The average molecular weight is 305 g/mol. The van der Waals surface area contributed by atoms with Gasteiger partial charge in [-0.2, -0.15) is 14.6 Å². The van der Waals surface area contributed by atoms with Crippen LogP contribution in [0.25, 0.3) is 17.0 Å². The second kappa shape index (κ2) is 5.19. The minimum absolute atomic E-state index is 0.126. The molecule has 0 saturated heterocycles. The van der Waals surface area contributed by atoms with E-state index >= 15 is 0 Å². The van der Waals surface area contributed by atoms with Crippen molar-refractivity contribution in [2.75, 3.05) is 5.75 Å². The smallest absolute Gasteiger partial charge is 0.252 e. The third-order valence-corrected chi connectivity index (χ3v) is 3.65. The first-order valence-electron chi connectivity index (χ1n) is 6.11. The van der Waals surface area contributed by atoms with E-state index in [4.69, 9.17) is 0 Å². The largest absolute Gasteiger partial charge is 0.748 e. The van der Waals surface area contributed by atoms with Crippen LogP contribution in [0.4, 0.5) is 0 Å².